The summed E-state index contributed by atoms with van der Waals surface area (Å²) in [6, 6.07) is 0.338. The van der Waals surface area contributed by atoms with Crippen LogP contribution in [0.2, 0.25) is 0 Å². The molecule has 0 bridgehead atoms. The van der Waals surface area contributed by atoms with Gasteiger partial charge in [-0.25, -0.2) is 0 Å². The molecule has 3 N–H and O–H groups in total. The molecule has 0 aromatic carbocycles. The molecule has 0 aromatic heterocycles. The molecule has 1 rings (SSSR count). The van der Waals surface area contributed by atoms with Crippen molar-refractivity contribution < 1.29 is 5.11 Å². The minimum Gasteiger partial charge on any atom is -0.390 e. The van der Waals surface area contributed by atoms with Crippen LogP contribution in [-0.4, -0.2) is 16.7 Å². The second-order valence-corrected chi connectivity index (χ2v) is 3.33. The smallest absolute Gasteiger partial charge is 0.0621 e. The van der Waals surface area contributed by atoms with Gasteiger partial charge in [0.1, 0.15) is 0 Å². The third-order valence-electron chi connectivity index (χ3n) is 2.11. The Bertz CT molecular complexity index is 91.1. The van der Waals surface area contributed by atoms with Crippen molar-refractivity contribution in [1.29, 1.82) is 0 Å². The lowest BCUT2D eigenvalue weighted by Gasteiger charge is -2.30. The second-order valence-electron chi connectivity index (χ2n) is 3.33. The SMILES string of the molecule is CC1(O)CCC(N)CC1. The fraction of sp³-hybridized carbons (Fsp3) is 1.00. The molecule has 0 heterocycles. The number of hydrogen-bond donors (Lipinski definition) is 2. The van der Waals surface area contributed by atoms with Crippen molar-refractivity contribution in [2.24, 2.45) is 5.73 Å². The molecule has 0 spiro atoms. The van der Waals surface area contributed by atoms with E-state index in [0.29, 0.717) is 6.04 Å². The van der Waals surface area contributed by atoms with E-state index in [-0.39, 0.29) is 0 Å². The highest BCUT2D eigenvalue weighted by Crippen LogP contribution is 2.26. The van der Waals surface area contributed by atoms with Crippen molar-refractivity contribution in [2.45, 2.75) is 44.2 Å². The minimum absolute atomic E-state index is 0.338. The Morgan fingerprint density at radius 3 is 2.22 bits per heavy atom. The van der Waals surface area contributed by atoms with Gasteiger partial charge in [-0.05, 0) is 32.6 Å². The maximum absolute atomic E-state index is 9.44. The van der Waals surface area contributed by atoms with Crippen LogP contribution in [0.4, 0.5) is 0 Å². The first kappa shape index (κ1) is 7.03. The molecule has 1 saturated carbocycles. The summed E-state index contributed by atoms with van der Waals surface area (Å²) < 4.78 is 0. The summed E-state index contributed by atoms with van der Waals surface area (Å²) in [5.74, 6) is 0. The van der Waals surface area contributed by atoms with Gasteiger partial charge in [0, 0.05) is 6.04 Å². The van der Waals surface area contributed by atoms with Crippen LogP contribution < -0.4 is 5.73 Å². The molecule has 2 nitrogen and oxygen atoms in total. The molecule has 0 atom stereocenters. The van der Waals surface area contributed by atoms with Gasteiger partial charge in [0.25, 0.3) is 0 Å². The van der Waals surface area contributed by atoms with Crippen molar-refractivity contribution in [3.63, 3.8) is 0 Å². The van der Waals surface area contributed by atoms with Gasteiger partial charge >= 0.3 is 0 Å². The van der Waals surface area contributed by atoms with Crippen LogP contribution in [0.15, 0.2) is 0 Å². The number of aliphatic hydroxyl groups is 1. The molecule has 1 aliphatic rings. The Kier molecular flexibility index (Phi) is 1.78. The van der Waals surface area contributed by atoms with Gasteiger partial charge in [-0.1, -0.05) is 0 Å². The van der Waals surface area contributed by atoms with E-state index >= 15 is 0 Å². The Hall–Kier alpha value is -0.0800. The van der Waals surface area contributed by atoms with E-state index in [9.17, 15) is 5.11 Å². The molecule has 0 radical (unpaired) electrons. The summed E-state index contributed by atoms with van der Waals surface area (Å²) in [7, 11) is 0. The van der Waals surface area contributed by atoms with Crippen LogP contribution in [0.25, 0.3) is 0 Å². The zero-order valence-electron chi connectivity index (χ0n) is 5.93. The van der Waals surface area contributed by atoms with Crippen LogP contribution in [0, 0.1) is 0 Å². The summed E-state index contributed by atoms with van der Waals surface area (Å²) in [5, 5.41) is 9.44. The zero-order valence-corrected chi connectivity index (χ0v) is 5.93. The quantitative estimate of drug-likeness (QED) is 0.504. The van der Waals surface area contributed by atoms with Crippen LogP contribution in [0.3, 0.4) is 0 Å². The van der Waals surface area contributed by atoms with E-state index < -0.39 is 5.60 Å². The fourth-order valence-corrected chi connectivity index (χ4v) is 1.26. The lowest BCUT2D eigenvalue weighted by Crippen LogP contribution is -2.36. The Balaban J connectivity index is 2.35. The van der Waals surface area contributed by atoms with Crippen LogP contribution in [-0.2, 0) is 0 Å². The highest BCUT2D eigenvalue weighted by atomic mass is 16.3. The maximum Gasteiger partial charge on any atom is 0.0621 e. The van der Waals surface area contributed by atoms with Gasteiger partial charge in [-0.2, -0.15) is 0 Å². The average Bonchev–Trinajstić information content (AvgIpc) is 1.78. The molecular weight excluding hydrogens is 114 g/mol. The predicted molar refractivity (Wildman–Crippen MR) is 37.1 cm³/mol. The average molecular weight is 129 g/mol. The summed E-state index contributed by atoms with van der Waals surface area (Å²) in [6.45, 7) is 1.89. The van der Waals surface area contributed by atoms with Gasteiger partial charge in [-0.15, -0.1) is 0 Å². The largest absolute Gasteiger partial charge is 0.390 e. The molecule has 2 heteroatoms. The fourth-order valence-electron chi connectivity index (χ4n) is 1.26. The van der Waals surface area contributed by atoms with E-state index in [2.05, 4.69) is 0 Å². The van der Waals surface area contributed by atoms with Crippen molar-refractivity contribution in [1.82, 2.24) is 0 Å². The van der Waals surface area contributed by atoms with E-state index in [4.69, 9.17) is 5.73 Å². The summed E-state index contributed by atoms with van der Waals surface area (Å²) in [6.07, 6.45) is 3.70. The molecule has 0 aliphatic heterocycles. The lowest BCUT2D eigenvalue weighted by atomic mass is 9.84. The molecule has 0 saturated heterocycles. The third kappa shape index (κ3) is 1.95. The van der Waals surface area contributed by atoms with Crippen LogP contribution in [0.5, 0.6) is 0 Å². The van der Waals surface area contributed by atoms with E-state index in [1.807, 2.05) is 6.92 Å². The van der Waals surface area contributed by atoms with Crippen molar-refractivity contribution in [2.75, 3.05) is 0 Å². The Morgan fingerprint density at radius 2 is 1.89 bits per heavy atom. The summed E-state index contributed by atoms with van der Waals surface area (Å²) in [5.41, 5.74) is 5.22. The molecule has 0 aromatic rings. The topological polar surface area (TPSA) is 46.2 Å². The lowest BCUT2D eigenvalue weighted by molar-refractivity contribution is 0.0178. The molecular formula is C7H15NO. The Morgan fingerprint density at radius 1 is 1.44 bits per heavy atom. The van der Waals surface area contributed by atoms with Crippen LogP contribution >= 0.6 is 0 Å². The zero-order chi connectivity index (χ0) is 6.91. The van der Waals surface area contributed by atoms with E-state index in [0.717, 1.165) is 25.7 Å². The first-order chi connectivity index (χ1) is 4.10. The number of rotatable bonds is 0. The third-order valence-corrected chi connectivity index (χ3v) is 2.11. The normalized spacial score (nSPS) is 45.0. The maximum atomic E-state index is 9.44. The number of hydrogen-bond acceptors (Lipinski definition) is 2. The van der Waals surface area contributed by atoms with Gasteiger partial charge in [0.15, 0.2) is 0 Å². The molecule has 0 unspecified atom stereocenters. The molecule has 9 heavy (non-hydrogen) atoms. The highest BCUT2D eigenvalue weighted by Gasteiger charge is 2.26. The number of nitrogens with two attached hydrogens (primary N) is 1. The molecule has 0 amide bonds. The van der Waals surface area contributed by atoms with Crippen molar-refractivity contribution in [3.05, 3.63) is 0 Å². The van der Waals surface area contributed by atoms with Gasteiger partial charge in [-0.3, -0.25) is 0 Å². The Labute approximate surface area is 56.1 Å². The van der Waals surface area contributed by atoms with Gasteiger partial charge < -0.3 is 10.8 Å². The van der Waals surface area contributed by atoms with E-state index in [1.54, 1.807) is 0 Å². The van der Waals surface area contributed by atoms with E-state index in [1.165, 1.54) is 0 Å². The first-order valence-electron chi connectivity index (χ1n) is 3.58. The highest BCUT2D eigenvalue weighted by molar-refractivity contribution is 4.82. The van der Waals surface area contributed by atoms with Crippen LogP contribution in [0.1, 0.15) is 32.6 Å². The molecule has 54 valence electrons. The summed E-state index contributed by atoms with van der Waals surface area (Å²) in [4.78, 5) is 0. The monoisotopic (exact) mass is 129 g/mol. The van der Waals surface area contributed by atoms with Crippen molar-refractivity contribution in [3.8, 4) is 0 Å². The first-order valence-corrected chi connectivity index (χ1v) is 3.58. The molecule has 1 fully saturated rings. The second kappa shape index (κ2) is 2.27. The molecule has 1 aliphatic carbocycles. The predicted octanol–water partition coefficient (Wildman–Crippen LogP) is 0.639. The summed E-state index contributed by atoms with van der Waals surface area (Å²) >= 11 is 0. The van der Waals surface area contributed by atoms with Crippen molar-refractivity contribution >= 4 is 0 Å². The van der Waals surface area contributed by atoms with Gasteiger partial charge in [0.2, 0.25) is 0 Å². The minimum atomic E-state index is -0.421. The standard InChI is InChI=1S/C7H15NO/c1-7(9)4-2-6(8)3-5-7/h6,9H,2-5,8H2,1H3. The van der Waals surface area contributed by atoms with Gasteiger partial charge in [0.05, 0.1) is 5.60 Å².